The number of nitrogens with zero attached hydrogens (tertiary/aromatic N) is 2. The number of likely N-dealkylation sites (tertiary alicyclic amines) is 1. The average Bonchev–Trinajstić information content (AvgIpc) is 3.05. The largest absolute Gasteiger partial charge is 0.324 e. The van der Waals surface area contributed by atoms with Crippen LogP contribution in [-0.2, 0) is 11.2 Å². The lowest BCUT2D eigenvalue weighted by Crippen LogP contribution is -2.53. The number of urea groups is 1. The minimum Gasteiger partial charge on any atom is -0.324 e. The molecule has 2 aromatic carbocycles. The predicted molar refractivity (Wildman–Crippen MR) is 120 cm³/mol. The quantitative estimate of drug-likeness (QED) is 0.746. The van der Waals surface area contributed by atoms with E-state index in [-0.39, 0.29) is 16.8 Å². The van der Waals surface area contributed by atoms with Crippen LogP contribution in [-0.4, -0.2) is 40.6 Å². The van der Waals surface area contributed by atoms with Crippen LogP contribution in [0.4, 0.5) is 16.2 Å². The summed E-state index contributed by atoms with van der Waals surface area (Å²) < 4.78 is 0. The standard InChI is InChI=1S/C22H24ClN3O2S/c1-2-16-4-3-5-18(14-16)24-21(28)25-12-10-22(11-13-25)26(20(27)15-29-22)19-8-6-17(23)7-9-19/h3-9,14H,2,10-13,15H2,1H3,(H,24,28). The van der Waals surface area contributed by atoms with Gasteiger partial charge in [0.25, 0.3) is 0 Å². The lowest BCUT2D eigenvalue weighted by Gasteiger charge is -2.43. The summed E-state index contributed by atoms with van der Waals surface area (Å²) in [7, 11) is 0. The van der Waals surface area contributed by atoms with Crippen molar-refractivity contribution in [1.82, 2.24) is 4.90 Å². The van der Waals surface area contributed by atoms with E-state index in [2.05, 4.69) is 18.3 Å². The molecule has 5 nitrogen and oxygen atoms in total. The molecule has 0 radical (unpaired) electrons. The van der Waals surface area contributed by atoms with Gasteiger partial charge in [0.15, 0.2) is 0 Å². The zero-order valence-electron chi connectivity index (χ0n) is 16.4. The minimum atomic E-state index is -0.288. The van der Waals surface area contributed by atoms with Gasteiger partial charge in [-0.25, -0.2) is 4.79 Å². The third-order valence-corrected chi connectivity index (χ3v) is 7.40. The molecule has 2 aliphatic heterocycles. The molecular weight excluding hydrogens is 406 g/mol. The molecule has 7 heteroatoms. The van der Waals surface area contributed by atoms with Crippen LogP contribution in [0.15, 0.2) is 48.5 Å². The van der Waals surface area contributed by atoms with E-state index in [0.717, 1.165) is 30.6 Å². The molecule has 0 aromatic heterocycles. The lowest BCUT2D eigenvalue weighted by atomic mass is 10.0. The van der Waals surface area contributed by atoms with Gasteiger partial charge >= 0.3 is 6.03 Å². The van der Waals surface area contributed by atoms with Crippen molar-refractivity contribution in [3.05, 3.63) is 59.1 Å². The van der Waals surface area contributed by atoms with Crippen LogP contribution in [0, 0.1) is 0 Å². The number of nitrogens with one attached hydrogen (secondary N) is 1. The van der Waals surface area contributed by atoms with Crippen LogP contribution in [0.1, 0.15) is 25.3 Å². The smallest absolute Gasteiger partial charge is 0.321 e. The van der Waals surface area contributed by atoms with Gasteiger partial charge in [-0.2, -0.15) is 0 Å². The Morgan fingerprint density at radius 1 is 1.17 bits per heavy atom. The van der Waals surface area contributed by atoms with Gasteiger partial charge in [-0.1, -0.05) is 30.7 Å². The summed E-state index contributed by atoms with van der Waals surface area (Å²) in [5.74, 6) is 0.588. The van der Waals surface area contributed by atoms with Crippen LogP contribution >= 0.6 is 23.4 Å². The summed E-state index contributed by atoms with van der Waals surface area (Å²) in [5, 5.41) is 3.66. The van der Waals surface area contributed by atoms with Gasteiger partial charge in [0.05, 0.1) is 10.6 Å². The van der Waals surface area contributed by atoms with Crippen LogP contribution < -0.4 is 10.2 Å². The normalized spacial score (nSPS) is 18.3. The van der Waals surface area contributed by atoms with E-state index in [4.69, 9.17) is 11.6 Å². The Bertz CT molecular complexity index is 911. The molecule has 0 unspecified atom stereocenters. The first-order valence-corrected chi connectivity index (χ1v) is 11.2. The van der Waals surface area contributed by atoms with Crippen molar-refractivity contribution in [2.24, 2.45) is 0 Å². The van der Waals surface area contributed by atoms with Crippen molar-refractivity contribution in [3.8, 4) is 0 Å². The summed E-state index contributed by atoms with van der Waals surface area (Å²) in [6.45, 7) is 3.32. The van der Waals surface area contributed by atoms with Crippen molar-refractivity contribution < 1.29 is 9.59 Å². The molecular formula is C22H24ClN3O2S. The Balaban J connectivity index is 1.44. The molecule has 2 aliphatic rings. The first kappa shape index (κ1) is 20.1. The fraction of sp³-hybridized carbons (Fsp3) is 0.364. The number of amides is 3. The lowest BCUT2D eigenvalue weighted by molar-refractivity contribution is -0.116. The summed E-state index contributed by atoms with van der Waals surface area (Å²) in [6, 6.07) is 15.3. The van der Waals surface area contributed by atoms with Gasteiger partial charge in [0.2, 0.25) is 5.91 Å². The average molecular weight is 430 g/mol. The molecule has 4 rings (SSSR count). The highest BCUT2D eigenvalue weighted by Crippen LogP contribution is 2.46. The number of thioether (sulfide) groups is 1. The third kappa shape index (κ3) is 4.09. The van der Waals surface area contributed by atoms with Gasteiger partial charge in [0, 0.05) is 29.5 Å². The topological polar surface area (TPSA) is 52.7 Å². The Kier molecular flexibility index (Phi) is 5.74. The number of carbonyl (C=O) groups is 2. The van der Waals surface area contributed by atoms with Crippen LogP contribution in [0.25, 0.3) is 0 Å². The number of anilines is 2. The number of carbonyl (C=O) groups excluding carboxylic acids is 2. The Hall–Kier alpha value is -2.18. The van der Waals surface area contributed by atoms with Crippen LogP contribution in [0.5, 0.6) is 0 Å². The molecule has 29 heavy (non-hydrogen) atoms. The summed E-state index contributed by atoms with van der Waals surface area (Å²) in [5.41, 5.74) is 2.89. The molecule has 1 N–H and O–H groups in total. The monoisotopic (exact) mass is 429 g/mol. The van der Waals surface area contributed by atoms with Gasteiger partial charge < -0.3 is 10.2 Å². The fourth-order valence-electron chi connectivity index (χ4n) is 4.02. The van der Waals surface area contributed by atoms with E-state index in [1.165, 1.54) is 5.56 Å². The minimum absolute atomic E-state index is 0.0829. The van der Waals surface area contributed by atoms with Crippen molar-refractivity contribution in [2.45, 2.75) is 31.1 Å². The van der Waals surface area contributed by atoms with Gasteiger partial charge in [0.1, 0.15) is 0 Å². The fourth-order valence-corrected chi connectivity index (χ4v) is 5.48. The van der Waals surface area contributed by atoms with Crippen LogP contribution in [0.3, 0.4) is 0 Å². The predicted octanol–water partition coefficient (Wildman–Crippen LogP) is 5.01. The van der Waals surface area contributed by atoms with Gasteiger partial charge in [-0.15, -0.1) is 11.8 Å². The van der Waals surface area contributed by atoms with Gasteiger partial charge in [-0.3, -0.25) is 9.69 Å². The molecule has 1 spiro atoms. The second-order valence-corrected chi connectivity index (χ2v) is 9.19. The highest BCUT2D eigenvalue weighted by molar-refractivity contribution is 8.02. The molecule has 0 aliphatic carbocycles. The Morgan fingerprint density at radius 3 is 2.59 bits per heavy atom. The van der Waals surface area contributed by atoms with Crippen LogP contribution in [0.2, 0.25) is 5.02 Å². The number of rotatable bonds is 3. The first-order valence-electron chi connectivity index (χ1n) is 9.88. The molecule has 0 bridgehead atoms. The number of piperidine rings is 1. The summed E-state index contributed by atoms with van der Waals surface area (Å²) in [4.78, 5) is 28.8. The van der Waals surface area contributed by atoms with E-state index < -0.39 is 0 Å². The highest BCUT2D eigenvalue weighted by atomic mass is 35.5. The summed E-state index contributed by atoms with van der Waals surface area (Å²) in [6.07, 6.45) is 2.42. The zero-order chi connectivity index (χ0) is 20.4. The SMILES string of the molecule is CCc1cccc(NC(=O)N2CCC3(CC2)SCC(=O)N3c2ccc(Cl)cc2)c1. The van der Waals surface area contributed by atoms with E-state index in [1.807, 2.05) is 52.3 Å². The molecule has 2 aromatic rings. The third-order valence-electron chi connectivity index (χ3n) is 5.62. The maximum atomic E-state index is 12.7. The number of halogens is 1. The molecule has 0 saturated carbocycles. The first-order chi connectivity index (χ1) is 14.0. The Morgan fingerprint density at radius 2 is 1.90 bits per heavy atom. The van der Waals surface area contributed by atoms with E-state index in [9.17, 15) is 9.59 Å². The molecule has 0 atom stereocenters. The molecule has 152 valence electrons. The number of hydrogen-bond donors (Lipinski definition) is 1. The van der Waals surface area contributed by atoms with E-state index in [1.54, 1.807) is 11.8 Å². The Labute approximate surface area is 180 Å². The maximum Gasteiger partial charge on any atom is 0.321 e. The van der Waals surface area contributed by atoms with Gasteiger partial charge in [-0.05, 0) is 61.2 Å². The summed E-state index contributed by atoms with van der Waals surface area (Å²) >= 11 is 7.70. The second kappa shape index (κ2) is 8.28. The van der Waals surface area contributed by atoms with Crippen molar-refractivity contribution >= 4 is 46.7 Å². The number of benzene rings is 2. The molecule has 2 heterocycles. The van der Waals surface area contributed by atoms with E-state index >= 15 is 0 Å². The molecule has 3 amide bonds. The number of aryl methyl sites for hydroxylation is 1. The molecule has 2 fully saturated rings. The number of hydrogen-bond acceptors (Lipinski definition) is 3. The maximum absolute atomic E-state index is 12.7. The van der Waals surface area contributed by atoms with Crippen molar-refractivity contribution in [1.29, 1.82) is 0 Å². The van der Waals surface area contributed by atoms with E-state index in [0.29, 0.717) is 23.9 Å². The zero-order valence-corrected chi connectivity index (χ0v) is 17.9. The van der Waals surface area contributed by atoms with Crippen molar-refractivity contribution in [3.63, 3.8) is 0 Å². The highest BCUT2D eigenvalue weighted by Gasteiger charge is 2.49. The molecule has 2 saturated heterocycles. The second-order valence-electron chi connectivity index (χ2n) is 7.41. The van der Waals surface area contributed by atoms with Crippen molar-refractivity contribution in [2.75, 3.05) is 29.1 Å².